The quantitative estimate of drug-likeness (QED) is 0.725. The topological polar surface area (TPSA) is 29.5 Å². The van der Waals surface area contributed by atoms with E-state index in [1.165, 1.54) is 6.42 Å². The fourth-order valence-corrected chi connectivity index (χ4v) is 2.62. The minimum atomic E-state index is 0.766. The first kappa shape index (κ1) is 9.70. The lowest BCUT2D eigenvalue weighted by Gasteiger charge is -2.22. The van der Waals surface area contributed by atoms with Gasteiger partial charge in [-0.2, -0.15) is 0 Å². The van der Waals surface area contributed by atoms with Crippen molar-refractivity contribution < 1.29 is 9.53 Å². The second-order valence-corrected chi connectivity index (χ2v) is 4.70. The summed E-state index contributed by atoms with van der Waals surface area (Å²) < 4.78 is 5.21. The summed E-state index contributed by atoms with van der Waals surface area (Å²) in [6.07, 6.45) is 2.30. The third kappa shape index (κ3) is 1.47. The van der Waals surface area contributed by atoms with Gasteiger partial charge in [0.25, 0.3) is 0 Å². The minimum Gasteiger partial charge on any atom is -0.497 e. The lowest BCUT2D eigenvalue weighted by molar-refractivity contribution is 0.112. The lowest BCUT2D eigenvalue weighted by Crippen LogP contribution is -2.23. The zero-order chi connectivity index (χ0) is 11.1. The molecule has 2 fully saturated rings. The smallest absolute Gasteiger partial charge is 0.152 e. The third-order valence-electron chi connectivity index (χ3n) is 3.68. The summed E-state index contributed by atoms with van der Waals surface area (Å²) in [6.45, 7) is 2.19. The molecule has 2 aliphatic rings. The predicted octanol–water partition coefficient (Wildman–Crippen LogP) is 1.96. The summed E-state index contributed by atoms with van der Waals surface area (Å²) in [5.74, 6) is 2.55. The lowest BCUT2D eigenvalue weighted by atomic mass is 10.1. The molecule has 3 nitrogen and oxygen atoms in total. The van der Waals surface area contributed by atoms with Crippen LogP contribution in [-0.2, 0) is 0 Å². The molecular formula is C13H15NO2. The van der Waals surface area contributed by atoms with Gasteiger partial charge in [0.1, 0.15) is 5.75 Å². The molecule has 0 radical (unpaired) electrons. The van der Waals surface area contributed by atoms with Crippen molar-refractivity contribution in [2.75, 3.05) is 25.1 Å². The van der Waals surface area contributed by atoms with Crippen molar-refractivity contribution in [1.82, 2.24) is 0 Å². The highest BCUT2D eigenvalue weighted by Crippen LogP contribution is 2.47. The van der Waals surface area contributed by atoms with Gasteiger partial charge in [0.2, 0.25) is 0 Å². The minimum absolute atomic E-state index is 0.766. The van der Waals surface area contributed by atoms with Crippen LogP contribution in [0, 0.1) is 11.8 Å². The molecule has 3 rings (SSSR count). The average Bonchev–Trinajstić information content (AvgIpc) is 2.95. The molecular weight excluding hydrogens is 202 g/mol. The predicted molar refractivity (Wildman–Crippen MR) is 62.2 cm³/mol. The van der Waals surface area contributed by atoms with E-state index in [2.05, 4.69) is 4.90 Å². The second-order valence-electron chi connectivity index (χ2n) is 4.70. The maximum atomic E-state index is 11.0. The summed E-state index contributed by atoms with van der Waals surface area (Å²) in [5.41, 5.74) is 1.80. The molecule has 3 heteroatoms. The van der Waals surface area contributed by atoms with Crippen LogP contribution in [0.2, 0.25) is 0 Å². The number of hydrogen-bond donors (Lipinski definition) is 0. The van der Waals surface area contributed by atoms with E-state index in [4.69, 9.17) is 4.74 Å². The summed E-state index contributed by atoms with van der Waals surface area (Å²) in [7, 11) is 1.65. The number of carbonyl (C=O) groups is 1. The van der Waals surface area contributed by atoms with Gasteiger partial charge in [-0.1, -0.05) is 0 Å². The van der Waals surface area contributed by atoms with Crippen molar-refractivity contribution in [2.24, 2.45) is 11.8 Å². The Kier molecular flexibility index (Phi) is 2.13. The molecule has 1 aliphatic carbocycles. The van der Waals surface area contributed by atoms with Crippen LogP contribution in [0.4, 0.5) is 5.69 Å². The second kappa shape index (κ2) is 3.51. The maximum absolute atomic E-state index is 11.0. The highest BCUT2D eigenvalue weighted by molar-refractivity contribution is 5.85. The Morgan fingerprint density at radius 2 is 2.12 bits per heavy atom. The Morgan fingerprint density at radius 1 is 1.38 bits per heavy atom. The average molecular weight is 217 g/mol. The fraction of sp³-hybridized carbons (Fsp3) is 0.462. The number of piperidine rings is 1. The van der Waals surface area contributed by atoms with E-state index in [0.29, 0.717) is 0 Å². The van der Waals surface area contributed by atoms with Crippen LogP contribution in [-0.4, -0.2) is 26.5 Å². The van der Waals surface area contributed by atoms with Crippen molar-refractivity contribution >= 4 is 12.0 Å². The summed E-state index contributed by atoms with van der Waals surface area (Å²) in [6, 6.07) is 5.64. The molecule has 0 spiro atoms. The van der Waals surface area contributed by atoms with Crippen LogP contribution in [0.25, 0.3) is 0 Å². The van der Waals surface area contributed by atoms with Crippen LogP contribution < -0.4 is 9.64 Å². The van der Waals surface area contributed by atoms with E-state index in [0.717, 1.165) is 48.2 Å². The summed E-state index contributed by atoms with van der Waals surface area (Å²) >= 11 is 0. The Labute approximate surface area is 95.0 Å². The first-order chi connectivity index (χ1) is 7.81. The first-order valence-corrected chi connectivity index (χ1v) is 5.70. The Hall–Kier alpha value is -1.51. The number of nitrogens with zero attached hydrogens (tertiary/aromatic N) is 1. The zero-order valence-electron chi connectivity index (χ0n) is 9.35. The van der Waals surface area contributed by atoms with Gasteiger partial charge in [-0.3, -0.25) is 4.79 Å². The Morgan fingerprint density at radius 3 is 2.75 bits per heavy atom. The molecule has 1 heterocycles. The van der Waals surface area contributed by atoms with Gasteiger partial charge in [-0.05, 0) is 30.4 Å². The first-order valence-electron chi connectivity index (χ1n) is 5.70. The van der Waals surface area contributed by atoms with Gasteiger partial charge in [-0.25, -0.2) is 0 Å². The van der Waals surface area contributed by atoms with Gasteiger partial charge in [-0.15, -0.1) is 0 Å². The van der Waals surface area contributed by atoms with E-state index >= 15 is 0 Å². The molecule has 0 aromatic heterocycles. The number of fused-ring (bicyclic) bond motifs is 1. The number of benzene rings is 1. The fourth-order valence-electron chi connectivity index (χ4n) is 2.62. The maximum Gasteiger partial charge on any atom is 0.152 e. The molecule has 84 valence electrons. The van der Waals surface area contributed by atoms with Crippen LogP contribution in [0.1, 0.15) is 16.8 Å². The molecule has 0 bridgehead atoms. The van der Waals surface area contributed by atoms with Crippen molar-refractivity contribution in [3.05, 3.63) is 23.8 Å². The molecule has 0 amide bonds. The third-order valence-corrected chi connectivity index (χ3v) is 3.68. The van der Waals surface area contributed by atoms with E-state index in [1.807, 2.05) is 18.2 Å². The van der Waals surface area contributed by atoms with E-state index < -0.39 is 0 Å². The van der Waals surface area contributed by atoms with Gasteiger partial charge < -0.3 is 9.64 Å². The van der Waals surface area contributed by atoms with Gasteiger partial charge in [0.05, 0.1) is 12.8 Å². The SMILES string of the molecule is COc1ccc(C=O)c(N2CC3CC3C2)c1. The van der Waals surface area contributed by atoms with Gasteiger partial charge >= 0.3 is 0 Å². The van der Waals surface area contributed by atoms with Gasteiger partial charge in [0, 0.05) is 24.7 Å². The standard InChI is InChI=1S/C13H15NO2/c1-16-12-3-2-9(8-15)13(5-12)14-6-10-4-11(10)7-14/h2-3,5,8,10-11H,4,6-7H2,1H3. The number of ether oxygens (including phenoxy) is 1. The largest absolute Gasteiger partial charge is 0.497 e. The number of anilines is 1. The Bertz CT molecular complexity index is 420. The van der Waals surface area contributed by atoms with E-state index in [1.54, 1.807) is 7.11 Å². The van der Waals surface area contributed by atoms with Crippen molar-refractivity contribution in [2.45, 2.75) is 6.42 Å². The normalized spacial score (nSPS) is 26.4. The molecule has 1 aromatic carbocycles. The number of carbonyl (C=O) groups excluding carboxylic acids is 1. The molecule has 0 N–H and O–H groups in total. The van der Waals surface area contributed by atoms with Crippen molar-refractivity contribution in [3.8, 4) is 5.75 Å². The van der Waals surface area contributed by atoms with E-state index in [-0.39, 0.29) is 0 Å². The highest BCUT2D eigenvalue weighted by atomic mass is 16.5. The van der Waals surface area contributed by atoms with Crippen LogP contribution in [0.15, 0.2) is 18.2 Å². The summed E-state index contributed by atoms with van der Waals surface area (Å²) in [5, 5.41) is 0. The molecule has 1 aliphatic heterocycles. The van der Waals surface area contributed by atoms with Crippen LogP contribution in [0.5, 0.6) is 5.75 Å². The molecule has 16 heavy (non-hydrogen) atoms. The van der Waals surface area contributed by atoms with Crippen LogP contribution in [0.3, 0.4) is 0 Å². The number of rotatable bonds is 3. The molecule has 2 atom stereocenters. The zero-order valence-corrected chi connectivity index (χ0v) is 9.35. The van der Waals surface area contributed by atoms with Gasteiger partial charge in [0.15, 0.2) is 6.29 Å². The number of methoxy groups -OCH3 is 1. The number of aldehydes is 1. The molecule has 1 saturated carbocycles. The van der Waals surface area contributed by atoms with E-state index in [9.17, 15) is 4.79 Å². The molecule has 1 aromatic rings. The summed E-state index contributed by atoms with van der Waals surface area (Å²) in [4.78, 5) is 13.3. The van der Waals surface area contributed by atoms with Crippen molar-refractivity contribution in [3.63, 3.8) is 0 Å². The highest BCUT2D eigenvalue weighted by Gasteiger charge is 2.45. The number of hydrogen-bond acceptors (Lipinski definition) is 3. The monoisotopic (exact) mass is 217 g/mol. The Balaban J connectivity index is 1.93. The molecule has 2 unspecified atom stereocenters. The van der Waals surface area contributed by atoms with Crippen LogP contribution >= 0.6 is 0 Å². The van der Waals surface area contributed by atoms with Crippen molar-refractivity contribution in [1.29, 1.82) is 0 Å². The molecule has 1 saturated heterocycles.